The normalized spacial score (nSPS) is 16.2. The third kappa shape index (κ3) is 2.24. The van der Waals surface area contributed by atoms with Gasteiger partial charge >= 0.3 is 0 Å². The fraction of sp³-hybridized carbons (Fsp3) is 0.450. The molecule has 1 fully saturated rings. The molecule has 1 saturated carbocycles. The molecule has 0 bridgehead atoms. The average Bonchev–Trinajstić information content (AvgIpc) is 3.37. The van der Waals surface area contributed by atoms with E-state index >= 15 is 0 Å². The number of carbonyl (C=O) groups excluding carboxylic acids is 2. The van der Waals surface area contributed by atoms with Gasteiger partial charge in [-0.1, -0.05) is 37.6 Å². The summed E-state index contributed by atoms with van der Waals surface area (Å²) in [6.07, 6.45) is 4.52. The number of hydrogen-bond donors (Lipinski definition) is 0. The molecule has 0 atom stereocenters. The van der Waals surface area contributed by atoms with Crippen LogP contribution in [0, 0.1) is 12.8 Å². The molecular weight excluding hydrogens is 300 g/mol. The van der Waals surface area contributed by atoms with Gasteiger partial charge < -0.3 is 0 Å². The fourth-order valence-corrected chi connectivity index (χ4v) is 3.69. The van der Waals surface area contributed by atoms with Crippen molar-refractivity contribution in [3.63, 3.8) is 0 Å². The first kappa shape index (κ1) is 15.3. The Balaban J connectivity index is 1.92. The van der Waals surface area contributed by atoms with Gasteiger partial charge in [-0.3, -0.25) is 9.59 Å². The minimum Gasteiger partial charge on any atom is -0.284 e. The lowest BCUT2D eigenvalue weighted by atomic mass is 9.90. The number of hydrogen-bond acceptors (Lipinski definition) is 2. The number of fused-ring (bicyclic) bond motifs is 2. The third-order valence-electron chi connectivity index (χ3n) is 5.26. The molecule has 0 saturated heterocycles. The maximum Gasteiger partial charge on any atom is 0.254 e. The number of benzene rings is 1. The number of aromatic nitrogens is 2. The Hall–Kier alpha value is -2.23. The molecule has 4 nitrogen and oxygen atoms in total. The summed E-state index contributed by atoms with van der Waals surface area (Å²) in [6.45, 7) is 5.84. The standard InChI is InChI=1S/C20H23N2O2/c1-3-4-11-21-13(2)22(12-14-9-10-14)18-17(21)19(23)15-7-5-6-8-16(15)20(18)24/h5-8,14H,3-4,9-12H2,1-2H3/q+1. The predicted octanol–water partition coefficient (Wildman–Crippen LogP) is 3.07. The number of carbonyl (C=O) groups is 2. The highest BCUT2D eigenvalue weighted by Crippen LogP contribution is 2.32. The molecular formula is C20H23N2O2+. The van der Waals surface area contributed by atoms with Gasteiger partial charge in [-0.05, 0) is 25.2 Å². The third-order valence-corrected chi connectivity index (χ3v) is 5.26. The van der Waals surface area contributed by atoms with Crippen molar-refractivity contribution in [2.24, 2.45) is 5.92 Å². The molecule has 24 heavy (non-hydrogen) atoms. The molecule has 0 amide bonds. The largest absolute Gasteiger partial charge is 0.284 e. The molecule has 0 unspecified atom stereocenters. The Morgan fingerprint density at radius 3 is 2.42 bits per heavy atom. The highest BCUT2D eigenvalue weighted by molar-refractivity contribution is 6.26. The van der Waals surface area contributed by atoms with E-state index in [4.69, 9.17) is 0 Å². The lowest BCUT2D eigenvalue weighted by Crippen LogP contribution is -2.44. The summed E-state index contributed by atoms with van der Waals surface area (Å²) in [5, 5.41) is 0. The SMILES string of the molecule is CCCCn1c2c([n+](CC3CC3)c1C)C(=O)c1ccccc1C2=O. The summed E-state index contributed by atoms with van der Waals surface area (Å²) in [6, 6.07) is 7.22. The Morgan fingerprint density at radius 2 is 1.79 bits per heavy atom. The first-order valence-electron chi connectivity index (χ1n) is 8.94. The van der Waals surface area contributed by atoms with E-state index in [1.807, 2.05) is 19.1 Å². The van der Waals surface area contributed by atoms with Crippen LogP contribution >= 0.6 is 0 Å². The van der Waals surface area contributed by atoms with Crippen molar-refractivity contribution < 1.29 is 14.2 Å². The second-order valence-electron chi connectivity index (χ2n) is 7.01. The van der Waals surface area contributed by atoms with E-state index in [0.717, 1.165) is 31.8 Å². The summed E-state index contributed by atoms with van der Waals surface area (Å²) in [7, 11) is 0. The van der Waals surface area contributed by atoms with Crippen molar-refractivity contribution in [3.05, 3.63) is 52.6 Å². The molecule has 2 aliphatic rings. The molecule has 1 aromatic carbocycles. The van der Waals surface area contributed by atoms with Crippen molar-refractivity contribution in [1.82, 2.24) is 4.57 Å². The molecule has 1 heterocycles. The number of unbranched alkanes of at least 4 members (excludes halogenated alkanes) is 1. The van der Waals surface area contributed by atoms with E-state index in [1.165, 1.54) is 12.8 Å². The average molecular weight is 323 g/mol. The maximum atomic E-state index is 13.1. The van der Waals surface area contributed by atoms with Crippen molar-refractivity contribution in [2.45, 2.75) is 52.6 Å². The molecule has 2 aromatic rings. The van der Waals surface area contributed by atoms with E-state index in [9.17, 15) is 9.59 Å². The number of imidazole rings is 1. The van der Waals surface area contributed by atoms with Crippen molar-refractivity contribution in [3.8, 4) is 0 Å². The first-order valence-corrected chi connectivity index (χ1v) is 8.94. The topological polar surface area (TPSA) is 43.0 Å². The maximum absolute atomic E-state index is 13.1. The van der Waals surface area contributed by atoms with Crippen LogP contribution in [0.1, 0.15) is 70.5 Å². The number of rotatable bonds is 5. The van der Waals surface area contributed by atoms with Crippen LogP contribution in [-0.2, 0) is 13.1 Å². The molecule has 0 radical (unpaired) electrons. The lowest BCUT2D eigenvalue weighted by Gasteiger charge is -2.12. The van der Waals surface area contributed by atoms with Gasteiger partial charge in [-0.25, -0.2) is 9.13 Å². The van der Waals surface area contributed by atoms with Gasteiger partial charge in [0.1, 0.15) is 0 Å². The van der Waals surface area contributed by atoms with Crippen LogP contribution in [0.4, 0.5) is 0 Å². The summed E-state index contributed by atoms with van der Waals surface area (Å²) in [4.78, 5) is 26.2. The molecule has 0 aliphatic heterocycles. The zero-order chi connectivity index (χ0) is 16.8. The highest BCUT2D eigenvalue weighted by Gasteiger charge is 2.43. The van der Waals surface area contributed by atoms with E-state index in [1.54, 1.807) is 12.1 Å². The van der Waals surface area contributed by atoms with Crippen molar-refractivity contribution in [1.29, 1.82) is 0 Å². The van der Waals surface area contributed by atoms with Gasteiger partial charge in [-0.15, -0.1) is 0 Å². The van der Waals surface area contributed by atoms with E-state index in [2.05, 4.69) is 16.1 Å². The van der Waals surface area contributed by atoms with Gasteiger partial charge in [0.05, 0.1) is 13.1 Å². The van der Waals surface area contributed by atoms with E-state index in [-0.39, 0.29) is 11.6 Å². The van der Waals surface area contributed by atoms with Crippen LogP contribution in [0.3, 0.4) is 0 Å². The molecule has 2 aliphatic carbocycles. The van der Waals surface area contributed by atoms with Crippen LogP contribution in [0.15, 0.2) is 24.3 Å². The predicted molar refractivity (Wildman–Crippen MR) is 90.3 cm³/mol. The quantitative estimate of drug-likeness (QED) is 0.677. The van der Waals surface area contributed by atoms with Crippen molar-refractivity contribution in [2.75, 3.05) is 0 Å². The minimum absolute atomic E-state index is 0.000742. The molecule has 0 N–H and O–H groups in total. The fourth-order valence-electron chi connectivity index (χ4n) is 3.69. The summed E-state index contributed by atoms with van der Waals surface area (Å²) in [5.74, 6) is 1.68. The lowest BCUT2D eigenvalue weighted by molar-refractivity contribution is -0.707. The zero-order valence-corrected chi connectivity index (χ0v) is 14.3. The number of ketones is 2. The first-order chi connectivity index (χ1) is 11.6. The van der Waals surface area contributed by atoms with Crippen LogP contribution in [0.5, 0.6) is 0 Å². The summed E-state index contributed by atoms with van der Waals surface area (Å²) in [5.41, 5.74) is 2.31. The van der Waals surface area contributed by atoms with Crippen LogP contribution in [-0.4, -0.2) is 16.1 Å². The summed E-state index contributed by atoms with van der Waals surface area (Å²) < 4.78 is 4.19. The molecule has 0 spiro atoms. The van der Waals surface area contributed by atoms with Crippen LogP contribution < -0.4 is 4.57 Å². The highest BCUT2D eigenvalue weighted by atomic mass is 16.1. The van der Waals surface area contributed by atoms with Gasteiger partial charge in [0.2, 0.25) is 23.0 Å². The Morgan fingerprint density at radius 1 is 1.12 bits per heavy atom. The molecule has 4 rings (SSSR count). The summed E-state index contributed by atoms with van der Waals surface area (Å²) >= 11 is 0. The minimum atomic E-state index is -0.00560. The number of nitrogens with zero attached hydrogens (tertiary/aromatic N) is 2. The Kier molecular flexibility index (Phi) is 3.63. The van der Waals surface area contributed by atoms with Gasteiger partial charge in [0, 0.05) is 18.1 Å². The van der Waals surface area contributed by atoms with E-state index in [0.29, 0.717) is 28.4 Å². The molecule has 124 valence electrons. The van der Waals surface area contributed by atoms with Gasteiger partial charge in [0.15, 0.2) is 0 Å². The molecule has 4 heteroatoms. The second kappa shape index (κ2) is 5.69. The van der Waals surface area contributed by atoms with E-state index < -0.39 is 0 Å². The monoisotopic (exact) mass is 323 g/mol. The van der Waals surface area contributed by atoms with Crippen LogP contribution in [0.25, 0.3) is 0 Å². The zero-order valence-electron chi connectivity index (χ0n) is 14.3. The Bertz CT molecular complexity index is 844. The smallest absolute Gasteiger partial charge is 0.254 e. The van der Waals surface area contributed by atoms with Gasteiger partial charge in [0.25, 0.3) is 5.82 Å². The second-order valence-corrected chi connectivity index (χ2v) is 7.01. The Labute approximate surface area is 142 Å². The van der Waals surface area contributed by atoms with Crippen molar-refractivity contribution >= 4 is 11.6 Å². The van der Waals surface area contributed by atoms with Crippen LogP contribution in [0.2, 0.25) is 0 Å². The van der Waals surface area contributed by atoms with Gasteiger partial charge in [-0.2, -0.15) is 0 Å². The molecule has 1 aromatic heterocycles.